The van der Waals surface area contributed by atoms with Crippen LogP contribution in [-0.2, 0) is 21.2 Å². The molecule has 1 aromatic rings. The molecule has 0 bridgehead atoms. The number of amides is 1. The normalized spacial score (nSPS) is 19.8. The number of piperidine rings is 1. The number of halogens is 1. The summed E-state index contributed by atoms with van der Waals surface area (Å²) >= 11 is 5.82. The van der Waals surface area contributed by atoms with Crippen LogP contribution in [0.2, 0.25) is 5.02 Å². The third-order valence-corrected chi connectivity index (χ3v) is 5.37. The fraction of sp³-hybridized carbons (Fsp3) is 0.533. The van der Waals surface area contributed by atoms with E-state index in [0.717, 1.165) is 24.8 Å². The summed E-state index contributed by atoms with van der Waals surface area (Å²) in [7, 11) is -3.22. The lowest BCUT2D eigenvalue weighted by atomic mass is 9.99. The van der Waals surface area contributed by atoms with Crippen LogP contribution in [0.4, 0.5) is 0 Å². The van der Waals surface area contributed by atoms with Gasteiger partial charge in [-0.1, -0.05) is 23.7 Å². The predicted octanol–water partition coefficient (Wildman–Crippen LogP) is 1.67. The van der Waals surface area contributed by atoms with Crippen molar-refractivity contribution in [2.24, 2.45) is 5.92 Å². The minimum Gasteiger partial charge on any atom is -0.355 e. The fourth-order valence-electron chi connectivity index (χ4n) is 2.58. The highest BCUT2D eigenvalue weighted by Crippen LogP contribution is 2.18. The van der Waals surface area contributed by atoms with Gasteiger partial charge in [0.15, 0.2) is 0 Å². The standard InChI is InChI=1S/C15H21ClN2O3S/c1-22(20,21)18-10-2-3-13(11-18)15(19)17-9-8-12-4-6-14(16)7-5-12/h4-7,13H,2-3,8-11H2,1H3,(H,17,19)/t13-/m0/s1. The maximum absolute atomic E-state index is 12.2. The molecule has 1 atom stereocenters. The van der Waals surface area contributed by atoms with Gasteiger partial charge in [-0.2, -0.15) is 0 Å². The number of sulfonamides is 1. The Morgan fingerprint density at radius 3 is 2.68 bits per heavy atom. The van der Waals surface area contributed by atoms with Gasteiger partial charge in [-0.3, -0.25) is 4.79 Å². The second-order valence-electron chi connectivity index (χ2n) is 5.63. The second kappa shape index (κ2) is 7.44. The molecule has 0 unspecified atom stereocenters. The Morgan fingerprint density at radius 1 is 1.36 bits per heavy atom. The van der Waals surface area contributed by atoms with Gasteiger partial charge in [0.2, 0.25) is 15.9 Å². The van der Waals surface area contributed by atoms with E-state index < -0.39 is 10.0 Å². The number of hydrogen-bond donors (Lipinski definition) is 1. The first-order chi connectivity index (χ1) is 10.4. The van der Waals surface area contributed by atoms with Crippen molar-refractivity contribution >= 4 is 27.5 Å². The number of carbonyl (C=O) groups excluding carboxylic acids is 1. The lowest BCUT2D eigenvalue weighted by Crippen LogP contribution is -2.45. The van der Waals surface area contributed by atoms with Crippen molar-refractivity contribution in [3.8, 4) is 0 Å². The van der Waals surface area contributed by atoms with Crippen molar-refractivity contribution in [1.29, 1.82) is 0 Å². The van der Waals surface area contributed by atoms with Gasteiger partial charge in [0.25, 0.3) is 0 Å². The largest absolute Gasteiger partial charge is 0.355 e. The molecular weight excluding hydrogens is 324 g/mol. The molecule has 0 saturated carbocycles. The van der Waals surface area contributed by atoms with E-state index in [9.17, 15) is 13.2 Å². The summed E-state index contributed by atoms with van der Waals surface area (Å²) in [6.07, 6.45) is 3.38. The minimum atomic E-state index is -3.22. The third kappa shape index (κ3) is 4.97. The molecule has 0 spiro atoms. The Kier molecular flexibility index (Phi) is 5.83. The molecule has 1 heterocycles. The van der Waals surface area contributed by atoms with E-state index in [4.69, 9.17) is 11.6 Å². The van der Waals surface area contributed by atoms with Crippen molar-refractivity contribution in [1.82, 2.24) is 9.62 Å². The molecule has 5 nitrogen and oxygen atoms in total. The van der Waals surface area contributed by atoms with E-state index >= 15 is 0 Å². The van der Waals surface area contributed by atoms with Crippen LogP contribution in [0.1, 0.15) is 18.4 Å². The monoisotopic (exact) mass is 344 g/mol. The Labute approximate surface area is 136 Å². The number of nitrogens with zero attached hydrogens (tertiary/aromatic N) is 1. The summed E-state index contributed by atoms with van der Waals surface area (Å²) in [5, 5.41) is 3.58. The summed E-state index contributed by atoms with van der Waals surface area (Å²) in [6.45, 7) is 1.33. The second-order valence-corrected chi connectivity index (χ2v) is 8.05. The first-order valence-corrected chi connectivity index (χ1v) is 9.56. The molecule has 122 valence electrons. The highest BCUT2D eigenvalue weighted by atomic mass is 35.5. The van der Waals surface area contributed by atoms with Crippen molar-refractivity contribution in [3.63, 3.8) is 0 Å². The van der Waals surface area contributed by atoms with Crippen LogP contribution in [-0.4, -0.2) is 44.5 Å². The predicted molar refractivity (Wildman–Crippen MR) is 87.3 cm³/mol. The zero-order chi connectivity index (χ0) is 16.2. The molecule has 0 aromatic heterocycles. The van der Waals surface area contributed by atoms with Crippen LogP contribution in [0.15, 0.2) is 24.3 Å². The van der Waals surface area contributed by atoms with Crippen LogP contribution >= 0.6 is 11.6 Å². The smallest absolute Gasteiger partial charge is 0.224 e. The van der Waals surface area contributed by atoms with Crippen LogP contribution in [0, 0.1) is 5.92 Å². The zero-order valence-corrected chi connectivity index (χ0v) is 14.2. The molecule has 1 N–H and O–H groups in total. The average Bonchev–Trinajstić information content (AvgIpc) is 2.48. The molecule has 1 aliphatic rings. The summed E-state index contributed by atoms with van der Waals surface area (Å²) in [5.74, 6) is -0.323. The molecule has 7 heteroatoms. The zero-order valence-electron chi connectivity index (χ0n) is 12.6. The Balaban J connectivity index is 1.80. The molecular formula is C15H21ClN2O3S. The average molecular weight is 345 g/mol. The van der Waals surface area contributed by atoms with Gasteiger partial charge in [0, 0.05) is 24.7 Å². The van der Waals surface area contributed by atoms with Crippen molar-refractivity contribution in [2.45, 2.75) is 19.3 Å². The Bertz CT molecular complexity index is 616. The first-order valence-electron chi connectivity index (χ1n) is 7.33. The van der Waals surface area contributed by atoms with Gasteiger partial charge in [-0.05, 0) is 37.0 Å². The van der Waals surface area contributed by atoms with Crippen LogP contribution in [0.25, 0.3) is 0 Å². The SMILES string of the molecule is CS(=O)(=O)N1CCC[C@H](C(=O)NCCc2ccc(Cl)cc2)C1. The van der Waals surface area contributed by atoms with Gasteiger partial charge in [0.05, 0.1) is 12.2 Å². The maximum atomic E-state index is 12.2. The molecule has 1 amide bonds. The van der Waals surface area contributed by atoms with E-state index in [1.807, 2.05) is 24.3 Å². The number of rotatable bonds is 5. The molecule has 1 aliphatic heterocycles. The van der Waals surface area contributed by atoms with E-state index in [2.05, 4.69) is 5.32 Å². The highest BCUT2D eigenvalue weighted by Gasteiger charge is 2.29. The summed E-state index contributed by atoms with van der Waals surface area (Å²) in [4.78, 5) is 12.2. The molecule has 22 heavy (non-hydrogen) atoms. The Hall–Kier alpha value is -1.11. The van der Waals surface area contributed by atoms with Gasteiger partial charge < -0.3 is 5.32 Å². The number of benzene rings is 1. The van der Waals surface area contributed by atoms with Crippen LogP contribution < -0.4 is 5.32 Å². The van der Waals surface area contributed by atoms with E-state index in [-0.39, 0.29) is 18.4 Å². The summed E-state index contributed by atoms with van der Waals surface area (Å²) in [6, 6.07) is 7.51. The number of hydrogen-bond acceptors (Lipinski definition) is 3. The Morgan fingerprint density at radius 2 is 2.05 bits per heavy atom. The molecule has 1 aromatic carbocycles. The van der Waals surface area contributed by atoms with Gasteiger partial charge in [0.1, 0.15) is 0 Å². The molecule has 1 saturated heterocycles. The van der Waals surface area contributed by atoms with E-state index in [1.54, 1.807) is 0 Å². The van der Waals surface area contributed by atoms with Gasteiger partial charge in [-0.15, -0.1) is 0 Å². The molecule has 1 fully saturated rings. The third-order valence-electron chi connectivity index (χ3n) is 3.85. The van der Waals surface area contributed by atoms with Gasteiger partial charge in [-0.25, -0.2) is 12.7 Å². The van der Waals surface area contributed by atoms with Gasteiger partial charge >= 0.3 is 0 Å². The maximum Gasteiger partial charge on any atom is 0.224 e. The topological polar surface area (TPSA) is 66.5 Å². The molecule has 2 rings (SSSR count). The fourth-order valence-corrected chi connectivity index (χ4v) is 3.62. The number of nitrogens with one attached hydrogen (secondary N) is 1. The number of carbonyl (C=O) groups is 1. The molecule has 0 radical (unpaired) electrons. The lowest BCUT2D eigenvalue weighted by Gasteiger charge is -2.30. The first kappa shape index (κ1) is 17.2. The van der Waals surface area contributed by atoms with Crippen molar-refractivity contribution in [2.75, 3.05) is 25.9 Å². The lowest BCUT2D eigenvalue weighted by molar-refractivity contribution is -0.126. The van der Waals surface area contributed by atoms with Crippen molar-refractivity contribution in [3.05, 3.63) is 34.9 Å². The van der Waals surface area contributed by atoms with Crippen molar-refractivity contribution < 1.29 is 13.2 Å². The van der Waals surface area contributed by atoms with E-state index in [0.29, 0.717) is 18.1 Å². The molecule has 0 aliphatic carbocycles. The van der Waals surface area contributed by atoms with Crippen LogP contribution in [0.5, 0.6) is 0 Å². The van der Waals surface area contributed by atoms with Crippen LogP contribution in [0.3, 0.4) is 0 Å². The summed E-state index contributed by atoms with van der Waals surface area (Å²) < 4.78 is 24.5. The minimum absolute atomic E-state index is 0.0673. The quantitative estimate of drug-likeness (QED) is 0.883. The summed E-state index contributed by atoms with van der Waals surface area (Å²) in [5.41, 5.74) is 1.10. The van der Waals surface area contributed by atoms with E-state index in [1.165, 1.54) is 10.6 Å². The highest BCUT2D eigenvalue weighted by molar-refractivity contribution is 7.88.